The molecule has 0 saturated heterocycles. The summed E-state index contributed by atoms with van der Waals surface area (Å²) >= 11 is 0. The van der Waals surface area contributed by atoms with Crippen LogP contribution in [-0.2, 0) is 9.63 Å². The van der Waals surface area contributed by atoms with E-state index in [9.17, 15) is 4.79 Å². The molecule has 2 saturated carbocycles. The number of nitrogens with two attached hydrogens (primary N) is 1. The number of carbonyl (C=O) groups is 1. The molecule has 0 aromatic heterocycles. The van der Waals surface area contributed by atoms with Crippen molar-refractivity contribution >= 4 is 5.97 Å². The van der Waals surface area contributed by atoms with Gasteiger partial charge < -0.3 is 9.74 Å². The second-order valence-electron chi connectivity index (χ2n) is 7.69. The minimum Gasteiger partial charge on any atom is -0.373 e. The fraction of sp³-hybridized carbons (Fsp3) is 0.750. The van der Waals surface area contributed by atoms with E-state index >= 15 is 0 Å². The Bertz CT molecular complexity index is 472. The summed E-state index contributed by atoms with van der Waals surface area (Å²) in [6.07, 6.45) is 21.2. The second kappa shape index (κ2) is 8.70. The van der Waals surface area contributed by atoms with Gasteiger partial charge in [0, 0.05) is 17.8 Å². The van der Waals surface area contributed by atoms with Gasteiger partial charge in [-0.3, -0.25) is 4.79 Å². The van der Waals surface area contributed by atoms with Gasteiger partial charge in [0.1, 0.15) is 0 Å². The number of rotatable bonds is 5. The van der Waals surface area contributed by atoms with Crippen molar-refractivity contribution in [2.45, 2.75) is 89.1 Å². The molecule has 0 aliphatic heterocycles. The van der Waals surface area contributed by atoms with Crippen LogP contribution in [-0.4, -0.2) is 23.0 Å². The van der Waals surface area contributed by atoms with E-state index in [1.54, 1.807) is 5.70 Å². The van der Waals surface area contributed by atoms with Crippen LogP contribution in [0.15, 0.2) is 23.9 Å². The molecule has 0 bridgehead atoms. The molecule has 0 unspecified atom stereocenters. The molecule has 0 radical (unpaired) electrons. The molecule has 134 valence electrons. The first-order valence-corrected chi connectivity index (χ1v) is 9.81. The van der Waals surface area contributed by atoms with Gasteiger partial charge in [0.15, 0.2) is 0 Å². The average Bonchev–Trinajstić information content (AvgIpc) is 2.65. The SMILES string of the molecule is NOC(=O)CC1CCC(N(C2=CC=CCC2)C2CCCCC2)CC1. The molecule has 4 nitrogen and oxygen atoms in total. The summed E-state index contributed by atoms with van der Waals surface area (Å²) < 4.78 is 0. The molecule has 0 amide bonds. The smallest absolute Gasteiger partial charge is 0.324 e. The Hall–Kier alpha value is -1.29. The van der Waals surface area contributed by atoms with E-state index in [-0.39, 0.29) is 5.97 Å². The molecule has 3 rings (SSSR count). The Kier molecular flexibility index (Phi) is 6.36. The maximum Gasteiger partial charge on any atom is 0.324 e. The molecule has 2 N–H and O–H groups in total. The van der Waals surface area contributed by atoms with Crippen LogP contribution in [0.5, 0.6) is 0 Å². The summed E-state index contributed by atoms with van der Waals surface area (Å²) in [6, 6.07) is 1.38. The molecule has 3 aliphatic rings. The number of hydrogen-bond donors (Lipinski definition) is 1. The Morgan fingerprint density at radius 1 is 1.08 bits per heavy atom. The lowest BCUT2D eigenvalue weighted by Crippen LogP contribution is -2.45. The van der Waals surface area contributed by atoms with E-state index in [1.165, 1.54) is 57.8 Å². The highest BCUT2D eigenvalue weighted by Gasteiger charge is 2.32. The zero-order valence-electron chi connectivity index (χ0n) is 14.8. The van der Waals surface area contributed by atoms with Crippen LogP contribution < -0.4 is 5.90 Å². The third kappa shape index (κ3) is 4.41. The molecule has 0 aromatic rings. The molecule has 0 heterocycles. The number of nitrogens with zero attached hydrogens (tertiary/aromatic N) is 1. The zero-order valence-corrected chi connectivity index (χ0v) is 14.8. The summed E-state index contributed by atoms with van der Waals surface area (Å²) in [5.41, 5.74) is 1.55. The average molecular weight is 332 g/mol. The first-order chi connectivity index (χ1) is 11.8. The van der Waals surface area contributed by atoms with Crippen molar-refractivity contribution in [3.63, 3.8) is 0 Å². The lowest BCUT2D eigenvalue weighted by molar-refractivity contribution is -0.145. The van der Waals surface area contributed by atoms with Gasteiger partial charge in [-0.2, -0.15) is 5.90 Å². The highest BCUT2D eigenvalue weighted by Crippen LogP contribution is 2.37. The van der Waals surface area contributed by atoms with Crippen LogP contribution in [0.2, 0.25) is 0 Å². The van der Waals surface area contributed by atoms with Crippen LogP contribution >= 0.6 is 0 Å². The second-order valence-corrected chi connectivity index (χ2v) is 7.69. The number of carbonyl (C=O) groups excluding carboxylic acids is 1. The van der Waals surface area contributed by atoms with E-state index in [0.717, 1.165) is 18.9 Å². The zero-order chi connectivity index (χ0) is 16.8. The van der Waals surface area contributed by atoms with Crippen LogP contribution in [0.3, 0.4) is 0 Å². The van der Waals surface area contributed by atoms with E-state index < -0.39 is 0 Å². The van der Waals surface area contributed by atoms with Crippen molar-refractivity contribution in [3.8, 4) is 0 Å². The quantitative estimate of drug-likeness (QED) is 0.766. The highest BCUT2D eigenvalue weighted by atomic mass is 16.7. The third-order valence-corrected chi connectivity index (χ3v) is 6.09. The molecule has 0 aromatic carbocycles. The maximum atomic E-state index is 11.4. The molecular formula is C20H32N2O2. The minimum atomic E-state index is -0.261. The van der Waals surface area contributed by atoms with Gasteiger partial charge in [0.05, 0.1) is 6.42 Å². The Morgan fingerprint density at radius 2 is 1.79 bits per heavy atom. The van der Waals surface area contributed by atoms with Gasteiger partial charge in [0.25, 0.3) is 0 Å². The summed E-state index contributed by atoms with van der Waals surface area (Å²) in [5, 5.41) is 0. The fourth-order valence-corrected chi connectivity index (χ4v) is 4.84. The standard InChI is InChI=1S/C20H32N2O2/c21-24-20(23)15-16-11-13-19(14-12-16)22(17-7-3-1-4-8-17)18-9-5-2-6-10-18/h1,3,7,16,18-19H,2,4-6,8-15,21H2. The van der Waals surface area contributed by atoms with Gasteiger partial charge in [-0.1, -0.05) is 31.4 Å². The van der Waals surface area contributed by atoms with E-state index in [4.69, 9.17) is 5.90 Å². The molecule has 0 atom stereocenters. The largest absolute Gasteiger partial charge is 0.373 e. The molecule has 2 fully saturated rings. The lowest BCUT2D eigenvalue weighted by Gasteiger charge is -2.46. The van der Waals surface area contributed by atoms with Crippen molar-refractivity contribution in [2.24, 2.45) is 11.8 Å². The highest BCUT2D eigenvalue weighted by molar-refractivity contribution is 5.69. The number of hydrogen-bond acceptors (Lipinski definition) is 4. The van der Waals surface area contributed by atoms with E-state index in [2.05, 4.69) is 28.0 Å². The predicted molar refractivity (Wildman–Crippen MR) is 95.8 cm³/mol. The summed E-state index contributed by atoms with van der Waals surface area (Å²) in [4.78, 5) is 18.6. The van der Waals surface area contributed by atoms with Crippen LogP contribution in [0.1, 0.15) is 77.0 Å². The fourth-order valence-electron chi connectivity index (χ4n) is 4.84. The minimum absolute atomic E-state index is 0.261. The van der Waals surface area contributed by atoms with E-state index in [1.807, 2.05) is 0 Å². The van der Waals surface area contributed by atoms with Gasteiger partial charge in [0.2, 0.25) is 0 Å². The Labute approximate surface area is 146 Å². The maximum absolute atomic E-state index is 11.4. The molecule has 0 spiro atoms. The van der Waals surface area contributed by atoms with Crippen molar-refractivity contribution in [3.05, 3.63) is 23.9 Å². The van der Waals surface area contributed by atoms with E-state index in [0.29, 0.717) is 18.4 Å². The first-order valence-electron chi connectivity index (χ1n) is 9.81. The molecular weight excluding hydrogens is 300 g/mol. The van der Waals surface area contributed by atoms with Crippen molar-refractivity contribution in [1.82, 2.24) is 4.90 Å². The lowest BCUT2D eigenvalue weighted by atomic mass is 9.81. The van der Waals surface area contributed by atoms with Crippen LogP contribution in [0.25, 0.3) is 0 Å². The molecule has 3 aliphatic carbocycles. The molecule has 4 heteroatoms. The van der Waals surface area contributed by atoms with Crippen molar-refractivity contribution < 1.29 is 9.63 Å². The van der Waals surface area contributed by atoms with Crippen LogP contribution in [0.4, 0.5) is 0 Å². The summed E-state index contributed by atoms with van der Waals surface area (Å²) in [5.74, 6) is 5.18. The third-order valence-electron chi connectivity index (χ3n) is 6.09. The van der Waals surface area contributed by atoms with Gasteiger partial charge in [-0.15, -0.1) is 0 Å². The normalized spacial score (nSPS) is 28.3. The Morgan fingerprint density at radius 3 is 2.42 bits per heavy atom. The van der Waals surface area contributed by atoms with Crippen molar-refractivity contribution in [1.29, 1.82) is 0 Å². The van der Waals surface area contributed by atoms with Gasteiger partial charge in [-0.05, 0) is 63.4 Å². The summed E-state index contributed by atoms with van der Waals surface area (Å²) in [7, 11) is 0. The number of allylic oxidation sites excluding steroid dienone is 4. The van der Waals surface area contributed by atoms with Crippen molar-refractivity contribution in [2.75, 3.05) is 0 Å². The van der Waals surface area contributed by atoms with Gasteiger partial charge in [-0.25, -0.2) is 0 Å². The predicted octanol–water partition coefficient (Wildman–Crippen LogP) is 4.22. The summed E-state index contributed by atoms with van der Waals surface area (Å²) in [6.45, 7) is 0. The monoisotopic (exact) mass is 332 g/mol. The topological polar surface area (TPSA) is 55.6 Å². The molecule has 24 heavy (non-hydrogen) atoms. The van der Waals surface area contributed by atoms with Crippen LogP contribution in [0, 0.1) is 5.92 Å². The first kappa shape index (κ1) is 17.5. The van der Waals surface area contributed by atoms with Gasteiger partial charge >= 0.3 is 5.97 Å². The Balaban J connectivity index is 1.64.